The second-order valence-corrected chi connectivity index (χ2v) is 8.59. The van der Waals surface area contributed by atoms with E-state index in [2.05, 4.69) is 15.0 Å². The predicted octanol–water partition coefficient (Wildman–Crippen LogP) is 4.69. The van der Waals surface area contributed by atoms with E-state index in [4.69, 9.17) is 4.74 Å². The highest BCUT2D eigenvalue weighted by Gasteiger charge is 2.49. The van der Waals surface area contributed by atoms with Gasteiger partial charge in [0, 0.05) is 36.8 Å². The molecule has 1 saturated heterocycles. The van der Waals surface area contributed by atoms with Crippen LogP contribution in [0.5, 0.6) is 5.88 Å². The van der Waals surface area contributed by atoms with Crippen molar-refractivity contribution in [1.29, 1.82) is 0 Å². The number of carbonyl (C=O) groups is 1. The molecule has 0 N–H and O–H groups in total. The van der Waals surface area contributed by atoms with Gasteiger partial charge in [-0.3, -0.25) is 14.8 Å². The van der Waals surface area contributed by atoms with E-state index < -0.39 is 23.7 Å². The summed E-state index contributed by atoms with van der Waals surface area (Å²) in [7, 11) is 0. The van der Waals surface area contributed by atoms with E-state index in [-0.39, 0.29) is 35.1 Å². The van der Waals surface area contributed by atoms with Gasteiger partial charge in [0.2, 0.25) is 5.88 Å². The lowest BCUT2D eigenvalue weighted by atomic mass is 10.0. The number of fused-ring (bicyclic) bond motifs is 2. The average Bonchev–Trinajstić information content (AvgIpc) is 3.39. The Balaban J connectivity index is 1.40. The van der Waals surface area contributed by atoms with Gasteiger partial charge in [-0.2, -0.15) is 13.2 Å². The molecule has 1 saturated carbocycles. The average molecular weight is 472 g/mol. The van der Waals surface area contributed by atoms with Crippen LogP contribution in [-0.2, 0) is 6.18 Å². The summed E-state index contributed by atoms with van der Waals surface area (Å²) in [5.41, 5.74) is 0.320. The highest BCUT2D eigenvalue weighted by Crippen LogP contribution is 2.41. The van der Waals surface area contributed by atoms with Crippen molar-refractivity contribution < 1.29 is 27.1 Å². The molecule has 4 heterocycles. The fraction of sp³-hybridized carbons (Fsp3) is 0.333. The van der Waals surface area contributed by atoms with Crippen molar-refractivity contribution >= 4 is 5.91 Å². The van der Waals surface area contributed by atoms with Gasteiger partial charge in [0.05, 0.1) is 11.6 Å². The van der Waals surface area contributed by atoms with Crippen molar-refractivity contribution in [3.05, 3.63) is 71.6 Å². The van der Waals surface area contributed by atoms with Crippen molar-refractivity contribution in [1.82, 2.24) is 19.9 Å². The maximum Gasteiger partial charge on any atom is 0.417 e. The van der Waals surface area contributed by atoms with Gasteiger partial charge < -0.3 is 9.64 Å². The van der Waals surface area contributed by atoms with Gasteiger partial charge in [-0.05, 0) is 55.5 Å². The number of alkyl halides is 3. The molecule has 5 rings (SSSR count). The molecule has 3 aromatic heterocycles. The molecule has 1 aliphatic heterocycles. The number of carbonyl (C=O) groups excluding carboxylic acids is 1. The van der Waals surface area contributed by atoms with Crippen molar-refractivity contribution in [3.8, 4) is 17.1 Å². The number of aromatic nitrogens is 3. The number of amides is 1. The van der Waals surface area contributed by atoms with Crippen LogP contribution < -0.4 is 4.74 Å². The lowest BCUT2D eigenvalue weighted by Crippen LogP contribution is -2.47. The highest BCUT2D eigenvalue weighted by atomic mass is 19.4. The topological polar surface area (TPSA) is 68.2 Å². The van der Waals surface area contributed by atoms with Crippen molar-refractivity contribution in [3.63, 3.8) is 0 Å². The van der Waals surface area contributed by atoms with Crippen molar-refractivity contribution in [2.45, 2.75) is 38.1 Å². The molecule has 34 heavy (non-hydrogen) atoms. The summed E-state index contributed by atoms with van der Waals surface area (Å²) >= 11 is 0. The predicted molar refractivity (Wildman–Crippen MR) is 113 cm³/mol. The largest absolute Gasteiger partial charge is 0.472 e. The van der Waals surface area contributed by atoms with E-state index in [0.29, 0.717) is 30.5 Å². The fourth-order valence-corrected chi connectivity index (χ4v) is 4.82. The Kier molecular flexibility index (Phi) is 5.45. The van der Waals surface area contributed by atoms with E-state index in [0.717, 1.165) is 12.3 Å². The molecule has 1 aliphatic carbocycles. The molecule has 1 amide bonds. The van der Waals surface area contributed by atoms with Gasteiger partial charge >= 0.3 is 6.18 Å². The summed E-state index contributed by atoms with van der Waals surface area (Å²) in [5, 5.41) is 0. The third kappa shape index (κ3) is 3.97. The zero-order valence-electron chi connectivity index (χ0n) is 18.1. The molecule has 0 radical (unpaired) electrons. The first-order valence-corrected chi connectivity index (χ1v) is 10.8. The Labute approximate surface area is 192 Å². The number of aryl methyl sites for hydroxylation is 1. The molecule has 0 spiro atoms. The number of pyridine rings is 3. The number of likely N-dealkylation sites (tertiary alicyclic amines) is 1. The Hall–Kier alpha value is -3.56. The van der Waals surface area contributed by atoms with Gasteiger partial charge in [-0.1, -0.05) is 0 Å². The van der Waals surface area contributed by atoms with Crippen LogP contribution >= 0.6 is 0 Å². The molecule has 3 aromatic rings. The maximum absolute atomic E-state index is 14.5. The van der Waals surface area contributed by atoms with Crippen LogP contribution in [0.3, 0.4) is 0 Å². The third-order valence-electron chi connectivity index (χ3n) is 6.38. The summed E-state index contributed by atoms with van der Waals surface area (Å²) in [6, 6.07) is 6.27. The smallest absolute Gasteiger partial charge is 0.417 e. The van der Waals surface area contributed by atoms with Crippen LogP contribution in [0.4, 0.5) is 17.6 Å². The quantitative estimate of drug-likeness (QED) is 0.516. The first-order chi connectivity index (χ1) is 16.2. The second-order valence-electron chi connectivity index (χ2n) is 8.59. The maximum atomic E-state index is 14.5. The number of hydrogen-bond acceptors (Lipinski definition) is 5. The molecule has 0 aromatic carbocycles. The van der Waals surface area contributed by atoms with Crippen molar-refractivity contribution in [2.24, 2.45) is 5.92 Å². The van der Waals surface area contributed by atoms with Crippen LogP contribution in [-0.4, -0.2) is 44.4 Å². The highest BCUT2D eigenvalue weighted by molar-refractivity contribution is 5.99. The molecule has 2 aliphatic rings. The van der Waals surface area contributed by atoms with Crippen LogP contribution in [0.25, 0.3) is 11.3 Å². The van der Waals surface area contributed by atoms with Crippen molar-refractivity contribution in [2.75, 3.05) is 6.54 Å². The molecule has 10 heteroatoms. The SMILES string of the molecule is Cc1ccnc(C(=O)N2CC3CC(Oc4ccc(C(F)(F)F)cn4)C2C3)c1-c1ncccc1F. The van der Waals surface area contributed by atoms with Gasteiger partial charge in [-0.25, -0.2) is 9.37 Å². The minimum Gasteiger partial charge on any atom is -0.472 e. The number of ether oxygens (including phenoxy) is 1. The number of piperidine rings is 1. The van der Waals surface area contributed by atoms with Crippen LogP contribution in [0.15, 0.2) is 48.9 Å². The summed E-state index contributed by atoms with van der Waals surface area (Å²) in [4.78, 5) is 27.4. The first kappa shape index (κ1) is 22.2. The van der Waals surface area contributed by atoms with E-state index >= 15 is 0 Å². The summed E-state index contributed by atoms with van der Waals surface area (Å²) in [6.07, 6.45) is 0.171. The van der Waals surface area contributed by atoms with Gasteiger partial charge in [0.25, 0.3) is 5.91 Å². The Morgan fingerprint density at radius 1 is 1.09 bits per heavy atom. The molecule has 176 valence electrons. The van der Waals surface area contributed by atoms with Crippen LogP contribution in [0, 0.1) is 18.7 Å². The summed E-state index contributed by atoms with van der Waals surface area (Å²) in [6.45, 7) is 2.27. The molecular weight excluding hydrogens is 452 g/mol. The fourth-order valence-electron chi connectivity index (χ4n) is 4.82. The minimum atomic E-state index is -4.48. The Morgan fingerprint density at radius 2 is 1.91 bits per heavy atom. The van der Waals surface area contributed by atoms with E-state index in [9.17, 15) is 22.4 Å². The number of nitrogens with zero attached hydrogens (tertiary/aromatic N) is 4. The third-order valence-corrected chi connectivity index (χ3v) is 6.38. The standard InChI is InChI=1S/C24H20F4N4O2/c1-13-6-8-30-22(20(13)21-16(25)3-2-7-29-21)23(33)32-12-14-9-17(32)18(10-14)34-19-5-4-15(11-31-19)24(26,27)28/h2-8,11,14,17-18H,9-10,12H2,1H3. The summed E-state index contributed by atoms with van der Waals surface area (Å²) < 4.78 is 58.8. The number of rotatable bonds is 4. The summed E-state index contributed by atoms with van der Waals surface area (Å²) in [5.74, 6) is -0.647. The lowest BCUT2D eigenvalue weighted by molar-refractivity contribution is -0.137. The van der Waals surface area contributed by atoms with Gasteiger partial charge in [0.1, 0.15) is 23.3 Å². The molecule has 3 unspecified atom stereocenters. The normalized spacial score (nSPS) is 21.7. The monoisotopic (exact) mass is 472 g/mol. The lowest BCUT2D eigenvalue weighted by Gasteiger charge is -2.33. The van der Waals surface area contributed by atoms with E-state index in [1.54, 1.807) is 17.9 Å². The zero-order valence-corrected chi connectivity index (χ0v) is 18.1. The number of halogens is 4. The molecule has 3 atom stereocenters. The minimum absolute atomic E-state index is 0.0579. The molecule has 2 bridgehead atoms. The van der Waals surface area contributed by atoms with Crippen LogP contribution in [0.2, 0.25) is 0 Å². The molecular formula is C24H20F4N4O2. The Bertz CT molecular complexity index is 1230. The van der Waals surface area contributed by atoms with Crippen LogP contribution in [0.1, 0.15) is 34.5 Å². The first-order valence-electron chi connectivity index (χ1n) is 10.8. The number of hydrogen-bond donors (Lipinski definition) is 0. The Morgan fingerprint density at radius 3 is 2.59 bits per heavy atom. The van der Waals surface area contributed by atoms with E-state index in [1.165, 1.54) is 30.6 Å². The molecule has 2 fully saturated rings. The zero-order chi connectivity index (χ0) is 24.0. The van der Waals surface area contributed by atoms with Gasteiger partial charge in [0.15, 0.2) is 0 Å². The van der Waals surface area contributed by atoms with Gasteiger partial charge in [-0.15, -0.1) is 0 Å². The second kappa shape index (κ2) is 8.34. The molecule has 6 nitrogen and oxygen atoms in total. The van der Waals surface area contributed by atoms with E-state index in [1.807, 2.05) is 0 Å².